The molecule has 74 heavy (non-hydrogen) atoms. The van der Waals surface area contributed by atoms with Crippen molar-refractivity contribution in [3.63, 3.8) is 0 Å². The van der Waals surface area contributed by atoms with Gasteiger partial charge in [-0.3, -0.25) is 14.4 Å². The number of hydrogen-bond donors (Lipinski definition) is 0. The van der Waals surface area contributed by atoms with Crippen molar-refractivity contribution in [2.24, 2.45) is 0 Å². The summed E-state index contributed by atoms with van der Waals surface area (Å²) in [7, 11) is 0. The van der Waals surface area contributed by atoms with E-state index in [0.717, 1.165) is 128 Å². The molecule has 0 aromatic heterocycles. The van der Waals surface area contributed by atoms with E-state index in [4.69, 9.17) is 14.2 Å². The van der Waals surface area contributed by atoms with Gasteiger partial charge in [0.05, 0.1) is 0 Å². The van der Waals surface area contributed by atoms with Crippen molar-refractivity contribution in [3.8, 4) is 0 Å². The predicted octanol–water partition coefficient (Wildman–Crippen LogP) is 21.3. The summed E-state index contributed by atoms with van der Waals surface area (Å²) in [6, 6.07) is 0. The molecule has 6 heteroatoms. The van der Waals surface area contributed by atoms with Gasteiger partial charge in [-0.2, -0.15) is 0 Å². The molecular formula is C68H116O6. The molecule has 0 saturated carbocycles. The van der Waals surface area contributed by atoms with Crippen LogP contribution in [0.4, 0.5) is 0 Å². The van der Waals surface area contributed by atoms with Crippen molar-refractivity contribution < 1.29 is 28.6 Å². The maximum absolute atomic E-state index is 12.9. The Kier molecular flexibility index (Phi) is 58.8. The van der Waals surface area contributed by atoms with E-state index in [1.54, 1.807) is 0 Å². The molecule has 0 aromatic rings. The first-order valence-corrected chi connectivity index (χ1v) is 31.2. The summed E-state index contributed by atoms with van der Waals surface area (Å²) in [6.45, 7) is 6.42. The van der Waals surface area contributed by atoms with E-state index < -0.39 is 6.10 Å². The zero-order chi connectivity index (χ0) is 53.6. The minimum absolute atomic E-state index is 0.0881. The third kappa shape index (κ3) is 59.2. The largest absolute Gasteiger partial charge is 0.462 e. The fourth-order valence-corrected chi connectivity index (χ4v) is 8.72. The van der Waals surface area contributed by atoms with Gasteiger partial charge in [-0.1, -0.05) is 279 Å². The summed E-state index contributed by atoms with van der Waals surface area (Å²) in [5.41, 5.74) is 0. The molecule has 0 aliphatic rings. The monoisotopic (exact) mass is 1030 g/mol. The van der Waals surface area contributed by atoms with Gasteiger partial charge in [0.15, 0.2) is 6.10 Å². The highest BCUT2D eigenvalue weighted by Crippen LogP contribution is 2.16. The van der Waals surface area contributed by atoms with Crippen LogP contribution < -0.4 is 0 Å². The molecule has 0 heterocycles. The Bertz CT molecular complexity index is 1460. The Labute approximate surface area is 457 Å². The molecule has 1 atom stereocenters. The molecule has 0 saturated heterocycles. The Hall–Kier alpha value is -3.67. The van der Waals surface area contributed by atoms with Crippen molar-refractivity contribution in [1.29, 1.82) is 0 Å². The zero-order valence-electron chi connectivity index (χ0n) is 48.6. The van der Waals surface area contributed by atoms with Crippen LogP contribution in [0.5, 0.6) is 0 Å². The molecule has 0 aliphatic heterocycles. The number of rotatable bonds is 56. The lowest BCUT2D eigenvalue weighted by molar-refractivity contribution is -0.167. The summed E-state index contributed by atoms with van der Waals surface area (Å²) in [6.07, 6.45) is 82.6. The lowest BCUT2D eigenvalue weighted by atomic mass is 10.0. The second kappa shape index (κ2) is 61.9. The molecule has 0 spiro atoms. The van der Waals surface area contributed by atoms with Crippen molar-refractivity contribution >= 4 is 17.9 Å². The van der Waals surface area contributed by atoms with Gasteiger partial charge in [-0.25, -0.2) is 0 Å². The van der Waals surface area contributed by atoms with Crippen molar-refractivity contribution in [2.45, 2.75) is 303 Å². The van der Waals surface area contributed by atoms with Crippen LogP contribution in [0.15, 0.2) is 97.2 Å². The van der Waals surface area contributed by atoms with Crippen LogP contribution in [0.2, 0.25) is 0 Å². The van der Waals surface area contributed by atoms with Gasteiger partial charge < -0.3 is 14.2 Å². The van der Waals surface area contributed by atoms with E-state index in [-0.39, 0.29) is 31.1 Å². The van der Waals surface area contributed by atoms with Crippen LogP contribution >= 0.6 is 0 Å². The van der Waals surface area contributed by atoms with Crippen LogP contribution in [0.1, 0.15) is 297 Å². The number of carbonyl (C=O) groups is 3. The minimum atomic E-state index is -0.792. The second-order valence-corrected chi connectivity index (χ2v) is 20.6. The predicted molar refractivity (Wildman–Crippen MR) is 320 cm³/mol. The fourth-order valence-electron chi connectivity index (χ4n) is 8.72. The molecule has 1 unspecified atom stereocenters. The average Bonchev–Trinajstić information content (AvgIpc) is 3.40. The van der Waals surface area contributed by atoms with Gasteiger partial charge in [0.25, 0.3) is 0 Å². The normalized spacial score (nSPS) is 12.7. The summed E-state index contributed by atoms with van der Waals surface area (Å²) in [5, 5.41) is 0. The SMILES string of the molecule is CC/C=C\C/C=C\C/C=C\C/C=C\CCCCCCCCCCC(=O)OCC(COC(=O)CCCCCC/C=C\C/C=C\C/C=C\C/C=C\CC)OC(=O)CCCCCCCCCCCCCCCCCCCC. The Balaban J connectivity index is 4.41. The van der Waals surface area contributed by atoms with E-state index in [9.17, 15) is 14.4 Å². The van der Waals surface area contributed by atoms with Gasteiger partial charge in [0.2, 0.25) is 0 Å². The fraction of sp³-hybridized carbons (Fsp3) is 0.721. The first kappa shape index (κ1) is 70.3. The van der Waals surface area contributed by atoms with Crippen molar-refractivity contribution in [1.82, 2.24) is 0 Å². The molecule has 0 aromatic carbocycles. The minimum Gasteiger partial charge on any atom is -0.462 e. The number of esters is 3. The number of carbonyl (C=O) groups excluding carboxylic acids is 3. The number of hydrogen-bond acceptors (Lipinski definition) is 6. The van der Waals surface area contributed by atoms with Crippen LogP contribution in [0.3, 0.4) is 0 Å². The number of allylic oxidation sites excluding steroid dienone is 16. The van der Waals surface area contributed by atoms with Crippen molar-refractivity contribution in [3.05, 3.63) is 97.2 Å². The Morgan fingerprint density at radius 1 is 0.284 bits per heavy atom. The van der Waals surface area contributed by atoms with Crippen LogP contribution in [0.25, 0.3) is 0 Å². The summed E-state index contributed by atoms with van der Waals surface area (Å²) >= 11 is 0. The molecule has 0 N–H and O–H groups in total. The molecule has 6 nitrogen and oxygen atoms in total. The molecule has 0 bridgehead atoms. The molecule has 0 amide bonds. The lowest BCUT2D eigenvalue weighted by Gasteiger charge is -2.18. The first-order valence-electron chi connectivity index (χ1n) is 31.2. The lowest BCUT2D eigenvalue weighted by Crippen LogP contribution is -2.30. The molecule has 0 radical (unpaired) electrons. The van der Waals surface area contributed by atoms with E-state index >= 15 is 0 Å². The van der Waals surface area contributed by atoms with Gasteiger partial charge in [0, 0.05) is 19.3 Å². The van der Waals surface area contributed by atoms with Gasteiger partial charge in [-0.05, 0) is 96.3 Å². The quantitative estimate of drug-likeness (QED) is 0.0261. The molecular weight excluding hydrogens is 913 g/mol. The van der Waals surface area contributed by atoms with E-state index in [0.29, 0.717) is 19.3 Å². The molecule has 424 valence electrons. The van der Waals surface area contributed by atoms with E-state index in [2.05, 4.69) is 118 Å². The Morgan fingerprint density at radius 2 is 0.527 bits per heavy atom. The average molecular weight is 1030 g/mol. The van der Waals surface area contributed by atoms with Crippen LogP contribution in [-0.4, -0.2) is 37.2 Å². The van der Waals surface area contributed by atoms with E-state index in [1.807, 2.05) is 0 Å². The van der Waals surface area contributed by atoms with Gasteiger partial charge in [0.1, 0.15) is 13.2 Å². The van der Waals surface area contributed by atoms with Gasteiger partial charge >= 0.3 is 17.9 Å². The highest BCUT2D eigenvalue weighted by molar-refractivity contribution is 5.71. The third-order valence-electron chi connectivity index (χ3n) is 13.3. The second-order valence-electron chi connectivity index (χ2n) is 20.6. The third-order valence-corrected chi connectivity index (χ3v) is 13.3. The molecule has 0 rings (SSSR count). The van der Waals surface area contributed by atoms with Gasteiger partial charge in [-0.15, -0.1) is 0 Å². The van der Waals surface area contributed by atoms with Crippen molar-refractivity contribution in [2.75, 3.05) is 13.2 Å². The Morgan fingerprint density at radius 3 is 0.824 bits per heavy atom. The number of unbranched alkanes of at least 4 members (excludes halogenated alkanes) is 29. The molecule has 0 aliphatic carbocycles. The maximum atomic E-state index is 12.9. The topological polar surface area (TPSA) is 78.9 Å². The summed E-state index contributed by atoms with van der Waals surface area (Å²) in [4.78, 5) is 38.3. The molecule has 0 fully saturated rings. The highest BCUT2D eigenvalue weighted by Gasteiger charge is 2.19. The van der Waals surface area contributed by atoms with E-state index in [1.165, 1.54) is 128 Å². The smallest absolute Gasteiger partial charge is 0.306 e. The zero-order valence-corrected chi connectivity index (χ0v) is 48.6. The summed E-state index contributed by atoms with van der Waals surface area (Å²) in [5.74, 6) is -0.908. The van der Waals surface area contributed by atoms with Crippen LogP contribution in [0, 0.1) is 0 Å². The van der Waals surface area contributed by atoms with Crippen LogP contribution in [-0.2, 0) is 28.6 Å². The number of ether oxygens (including phenoxy) is 3. The standard InChI is InChI=1S/C68H116O6/c1-4-7-10-13-16-19-22-25-28-31-33-34-35-38-40-43-46-49-52-55-58-61-67(70)73-64-65(63-72-66(69)60-57-54-51-48-45-42-39-36-30-27-24-21-18-15-12-9-6-3)74-68(71)62-59-56-53-50-47-44-41-37-32-29-26-23-20-17-14-11-8-5-2/h7,9-10,12,16,18-19,21,25,27-28,30,33-34,39,42,65H,4-6,8,11,13-15,17,20,22-24,26,29,31-32,35-38,40-41,43-64H2,1-3H3/b10-7-,12-9-,19-16-,21-18-,28-25-,30-27-,34-33-,42-39-. The highest BCUT2D eigenvalue weighted by atomic mass is 16.6. The maximum Gasteiger partial charge on any atom is 0.306 e. The summed E-state index contributed by atoms with van der Waals surface area (Å²) < 4.78 is 16.9. The first-order chi connectivity index (χ1) is 36.5.